The molecule has 1 aromatic heterocycles. The van der Waals surface area contributed by atoms with Crippen LogP contribution in [0.1, 0.15) is 39.0 Å². The molecule has 0 aliphatic carbocycles. The fraction of sp³-hybridized carbons (Fsp3) is 0.600. The minimum absolute atomic E-state index is 0.0478. The molecule has 1 rings (SSSR count). The van der Waals surface area contributed by atoms with Gasteiger partial charge in [-0.05, 0) is 35.9 Å². The number of aromatic nitrogens is 1. The summed E-state index contributed by atoms with van der Waals surface area (Å²) >= 11 is 0. The molecule has 0 saturated carbocycles. The molecule has 5 heteroatoms. The second-order valence-electron chi connectivity index (χ2n) is 5.78. The molecule has 0 amide bonds. The van der Waals surface area contributed by atoms with Crippen LogP contribution in [0.2, 0.25) is 0 Å². The molecule has 1 heterocycles. The Labute approximate surface area is 121 Å². The van der Waals surface area contributed by atoms with Crippen molar-refractivity contribution in [3.8, 4) is 0 Å². The Morgan fingerprint density at radius 2 is 2.00 bits per heavy atom. The molecule has 4 N–H and O–H groups in total. The van der Waals surface area contributed by atoms with E-state index in [9.17, 15) is 0 Å². The largest absolute Gasteiger partial charge is 0.409 e. The number of nitrogens with zero attached hydrogens (tertiary/aromatic N) is 2. The van der Waals surface area contributed by atoms with Crippen LogP contribution in [-0.4, -0.2) is 22.6 Å². The van der Waals surface area contributed by atoms with E-state index >= 15 is 0 Å². The first-order chi connectivity index (χ1) is 9.47. The van der Waals surface area contributed by atoms with E-state index in [0.717, 1.165) is 12.1 Å². The molecule has 1 aromatic rings. The van der Waals surface area contributed by atoms with Crippen molar-refractivity contribution in [1.82, 2.24) is 10.3 Å². The number of rotatable bonds is 7. The van der Waals surface area contributed by atoms with Crippen molar-refractivity contribution >= 4 is 5.84 Å². The van der Waals surface area contributed by atoms with E-state index in [2.05, 4.69) is 43.2 Å². The topological polar surface area (TPSA) is 83.5 Å². The maximum atomic E-state index is 8.77. The number of nitrogens with two attached hydrogens (primary N) is 1. The summed E-state index contributed by atoms with van der Waals surface area (Å²) in [5, 5.41) is 15.2. The van der Waals surface area contributed by atoms with Crippen LogP contribution >= 0.6 is 0 Å². The molecule has 0 aromatic carbocycles. The molecule has 0 radical (unpaired) electrons. The molecule has 0 bridgehead atoms. The van der Waals surface area contributed by atoms with Crippen LogP contribution in [0, 0.1) is 17.8 Å². The molecule has 0 atom stereocenters. The molecule has 20 heavy (non-hydrogen) atoms. The summed E-state index contributed by atoms with van der Waals surface area (Å²) in [6.07, 6.45) is 1.64. The standard InChI is InChI=1S/C15H26N4O/c1-10(2)13(11(3)4)9-17-8-12-6-5-7-18-14(12)15(16)19-20/h5-7,10-11,13,17,20H,8-9H2,1-4H3,(H2,16,19). The highest BCUT2D eigenvalue weighted by Crippen LogP contribution is 2.19. The van der Waals surface area contributed by atoms with Crippen molar-refractivity contribution in [3.63, 3.8) is 0 Å². The Bertz CT molecular complexity index is 435. The van der Waals surface area contributed by atoms with E-state index in [1.165, 1.54) is 0 Å². The van der Waals surface area contributed by atoms with Gasteiger partial charge in [0.25, 0.3) is 0 Å². The van der Waals surface area contributed by atoms with Crippen LogP contribution in [0.25, 0.3) is 0 Å². The highest BCUT2D eigenvalue weighted by Gasteiger charge is 2.17. The van der Waals surface area contributed by atoms with E-state index < -0.39 is 0 Å². The Hall–Kier alpha value is -1.62. The second kappa shape index (κ2) is 7.85. The molecule has 0 saturated heterocycles. The predicted octanol–water partition coefficient (Wildman–Crippen LogP) is 2.19. The van der Waals surface area contributed by atoms with Gasteiger partial charge in [-0.25, -0.2) is 0 Å². The number of nitrogens with one attached hydrogen (secondary N) is 1. The van der Waals surface area contributed by atoms with E-state index in [1.807, 2.05) is 12.1 Å². The van der Waals surface area contributed by atoms with Crippen LogP contribution < -0.4 is 11.1 Å². The van der Waals surface area contributed by atoms with Crippen LogP contribution in [0.15, 0.2) is 23.5 Å². The van der Waals surface area contributed by atoms with Gasteiger partial charge < -0.3 is 16.3 Å². The second-order valence-corrected chi connectivity index (χ2v) is 5.78. The van der Waals surface area contributed by atoms with Gasteiger partial charge in [0, 0.05) is 12.7 Å². The summed E-state index contributed by atoms with van der Waals surface area (Å²) < 4.78 is 0. The predicted molar refractivity (Wildman–Crippen MR) is 81.6 cm³/mol. The molecule has 0 unspecified atom stereocenters. The Morgan fingerprint density at radius 3 is 2.55 bits per heavy atom. The minimum atomic E-state index is 0.0478. The molecule has 0 spiro atoms. The summed E-state index contributed by atoms with van der Waals surface area (Å²) in [5.41, 5.74) is 7.11. The average molecular weight is 278 g/mol. The lowest BCUT2D eigenvalue weighted by Crippen LogP contribution is -2.30. The van der Waals surface area contributed by atoms with Gasteiger partial charge in [-0.2, -0.15) is 0 Å². The zero-order valence-electron chi connectivity index (χ0n) is 12.8. The van der Waals surface area contributed by atoms with Crippen molar-refractivity contribution in [2.24, 2.45) is 28.6 Å². The zero-order chi connectivity index (χ0) is 15.1. The number of amidine groups is 1. The van der Waals surface area contributed by atoms with Crippen LogP contribution in [0.5, 0.6) is 0 Å². The molecule has 5 nitrogen and oxygen atoms in total. The maximum absolute atomic E-state index is 8.77. The highest BCUT2D eigenvalue weighted by atomic mass is 16.4. The summed E-state index contributed by atoms with van der Waals surface area (Å²) in [6, 6.07) is 3.79. The first-order valence-corrected chi connectivity index (χ1v) is 7.09. The van der Waals surface area contributed by atoms with Crippen molar-refractivity contribution in [2.45, 2.75) is 34.2 Å². The lowest BCUT2D eigenvalue weighted by molar-refractivity contribution is 0.275. The van der Waals surface area contributed by atoms with Crippen LogP contribution in [0.4, 0.5) is 0 Å². The molecule has 112 valence electrons. The van der Waals surface area contributed by atoms with E-state index in [0.29, 0.717) is 30.0 Å². The van der Waals surface area contributed by atoms with E-state index in [-0.39, 0.29) is 5.84 Å². The van der Waals surface area contributed by atoms with Gasteiger partial charge in [-0.15, -0.1) is 0 Å². The molecule has 0 aliphatic rings. The lowest BCUT2D eigenvalue weighted by Gasteiger charge is -2.25. The minimum Gasteiger partial charge on any atom is -0.409 e. The Kier molecular flexibility index (Phi) is 6.45. The number of pyridine rings is 1. The summed E-state index contributed by atoms with van der Waals surface area (Å²) in [4.78, 5) is 4.16. The van der Waals surface area contributed by atoms with E-state index in [4.69, 9.17) is 10.9 Å². The van der Waals surface area contributed by atoms with Gasteiger partial charge in [0.2, 0.25) is 0 Å². The smallest absolute Gasteiger partial charge is 0.189 e. The van der Waals surface area contributed by atoms with Gasteiger partial charge in [0.1, 0.15) is 5.69 Å². The number of hydrogen-bond donors (Lipinski definition) is 3. The highest BCUT2D eigenvalue weighted by molar-refractivity contribution is 5.96. The van der Waals surface area contributed by atoms with Crippen molar-refractivity contribution in [1.29, 1.82) is 0 Å². The first kappa shape index (κ1) is 16.4. The van der Waals surface area contributed by atoms with Crippen molar-refractivity contribution in [2.75, 3.05) is 6.54 Å². The van der Waals surface area contributed by atoms with Gasteiger partial charge in [0.05, 0.1) is 0 Å². The van der Waals surface area contributed by atoms with Gasteiger partial charge >= 0.3 is 0 Å². The van der Waals surface area contributed by atoms with E-state index in [1.54, 1.807) is 6.20 Å². The normalized spacial score (nSPS) is 12.7. The first-order valence-electron chi connectivity index (χ1n) is 7.09. The quantitative estimate of drug-likeness (QED) is 0.309. The van der Waals surface area contributed by atoms with Gasteiger partial charge in [-0.3, -0.25) is 4.98 Å². The third kappa shape index (κ3) is 4.49. The summed E-state index contributed by atoms with van der Waals surface area (Å²) in [5.74, 6) is 1.95. The van der Waals surface area contributed by atoms with Gasteiger partial charge in [0.15, 0.2) is 5.84 Å². The SMILES string of the molecule is CC(C)C(CNCc1cccnc1/C(N)=N/O)C(C)C. The van der Waals surface area contributed by atoms with Crippen molar-refractivity contribution in [3.05, 3.63) is 29.6 Å². The molecule has 0 fully saturated rings. The average Bonchev–Trinajstić information content (AvgIpc) is 2.42. The van der Waals surface area contributed by atoms with Crippen LogP contribution in [0.3, 0.4) is 0 Å². The number of hydrogen-bond acceptors (Lipinski definition) is 4. The van der Waals surface area contributed by atoms with Gasteiger partial charge in [-0.1, -0.05) is 38.9 Å². The monoisotopic (exact) mass is 278 g/mol. The number of oxime groups is 1. The fourth-order valence-electron chi connectivity index (χ4n) is 2.47. The Morgan fingerprint density at radius 1 is 1.35 bits per heavy atom. The fourth-order valence-corrected chi connectivity index (χ4v) is 2.47. The summed E-state index contributed by atoms with van der Waals surface area (Å²) in [7, 11) is 0. The lowest BCUT2D eigenvalue weighted by atomic mass is 9.85. The van der Waals surface area contributed by atoms with Crippen LogP contribution in [-0.2, 0) is 6.54 Å². The zero-order valence-corrected chi connectivity index (χ0v) is 12.8. The molecular weight excluding hydrogens is 252 g/mol. The summed E-state index contributed by atoms with van der Waals surface area (Å²) in [6.45, 7) is 10.6. The maximum Gasteiger partial charge on any atom is 0.189 e. The van der Waals surface area contributed by atoms with Crippen molar-refractivity contribution < 1.29 is 5.21 Å². The molecular formula is C15H26N4O. The Balaban J connectivity index is 2.67. The third-order valence-corrected chi connectivity index (χ3v) is 3.65. The molecule has 0 aliphatic heterocycles. The third-order valence-electron chi connectivity index (χ3n) is 3.65.